The second-order valence-corrected chi connectivity index (χ2v) is 6.21. The van der Waals surface area contributed by atoms with E-state index < -0.39 is 0 Å². The molecule has 2 aromatic heterocycles. The van der Waals surface area contributed by atoms with E-state index in [4.69, 9.17) is 4.74 Å². The van der Waals surface area contributed by atoms with E-state index in [1.54, 1.807) is 12.7 Å². The lowest BCUT2D eigenvalue weighted by Gasteiger charge is -2.32. The zero-order valence-electron chi connectivity index (χ0n) is 13.8. The number of carbonyl (C=O) groups excluding carboxylic acids is 1. The Morgan fingerprint density at radius 3 is 2.72 bits per heavy atom. The quantitative estimate of drug-likeness (QED) is 0.761. The maximum absolute atomic E-state index is 12.3. The van der Waals surface area contributed by atoms with Crippen LogP contribution in [0.15, 0.2) is 36.9 Å². The van der Waals surface area contributed by atoms with Gasteiger partial charge in [0.1, 0.15) is 31.7 Å². The van der Waals surface area contributed by atoms with Crippen molar-refractivity contribution in [2.24, 2.45) is 0 Å². The van der Waals surface area contributed by atoms with Crippen LogP contribution < -0.4 is 0 Å². The highest BCUT2D eigenvalue weighted by Crippen LogP contribution is 2.21. The molecule has 0 radical (unpaired) electrons. The summed E-state index contributed by atoms with van der Waals surface area (Å²) in [7, 11) is 0. The average molecular weight is 340 g/mol. The number of ether oxygens (including phenoxy) is 1. The van der Waals surface area contributed by atoms with Crippen molar-refractivity contribution in [2.45, 2.75) is 25.5 Å². The number of fused-ring (bicyclic) bond motifs is 1. The first-order chi connectivity index (χ1) is 12.3. The molecule has 1 aliphatic rings. The topological polar surface area (TPSA) is 88.9 Å². The molecule has 1 aliphatic heterocycles. The minimum absolute atomic E-state index is 0.0262. The fraction of sp³-hybridized carbons (Fsp3) is 0.412. The summed E-state index contributed by atoms with van der Waals surface area (Å²) in [5.41, 5.74) is 1.88. The van der Waals surface area contributed by atoms with Crippen LogP contribution in [0.2, 0.25) is 0 Å². The highest BCUT2D eigenvalue weighted by Gasteiger charge is 2.23. The summed E-state index contributed by atoms with van der Waals surface area (Å²) in [5, 5.41) is 7.68. The zero-order chi connectivity index (χ0) is 17.1. The van der Waals surface area contributed by atoms with E-state index >= 15 is 0 Å². The molecule has 3 aromatic rings. The molecule has 1 fully saturated rings. The smallest absolute Gasteiger partial charge is 0.248 e. The molecule has 0 aliphatic carbocycles. The Bertz CT molecular complexity index is 803. The van der Waals surface area contributed by atoms with E-state index in [1.807, 2.05) is 33.7 Å². The van der Waals surface area contributed by atoms with E-state index in [0.717, 1.165) is 42.8 Å². The number of piperidine rings is 1. The van der Waals surface area contributed by atoms with Crippen LogP contribution in [0.1, 0.15) is 24.7 Å². The molecule has 1 N–H and O–H groups in total. The minimum atomic E-state index is 0.0262. The van der Waals surface area contributed by atoms with E-state index in [0.29, 0.717) is 12.6 Å². The third-order valence-corrected chi connectivity index (χ3v) is 4.58. The zero-order valence-corrected chi connectivity index (χ0v) is 13.8. The van der Waals surface area contributed by atoms with Crippen LogP contribution in [0.5, 0.6) is 0 Å². The number of aromatic amines is 1. The fourth-order valence-electron chi connectivity index (χ4n) is 3.21. The number of likely N-dealkylation sites (tertiary alicyclic amines) is 1. The molecule has 4 rings (SSSR count). The van der Waals surface area contributed by atoms with Crippen LogP contribution in [0.3, 0.4) is 0 Å². The molecule has 0 unspecified atom stereocenters. The van der Waals surface area contributed by atoms with Gasteiger partial charge in [-0.1, -0.05) is 12.1 Å². The second-order valence-electron chi connectivity index (χ2n) is 6.21. The summed E-state index contributed by atoms with van der Waals surface area (Å²) in [6, 6.07) is 8.19. The van der Waals surface area contributed by atoms with Gasteiger partial charge >= 0.3 is 0 Å². The number of hydrogen-bond donors (Lipinski definition) is 1. The van der Waals surface area contributed by atoms with Crippen LogP contribution in [0.4, 0.5) is 0 Å². The van der Waals surface area contributed by atoms with Gasteiger partial charge in [0.15, 0.2) is 0 Å². The summed E-state index contributed by atoms with van der Waals surface area (Å²) < 4.78 is 7.57. The van der Waals surface area contributed by atoms with Crippen molar-refractivity contribution in [1.29, 1.82) is 0 Å². The minimum Gasteiger partial charge on any atom is -0.364 e. The normalized spacial score (nSPS) is 15.8. The first-order valence-corrected chi connectivity index (χ1v) is 8.43. The number of carbonyl (C=O) groups is 1. The van der Waals surface area contributed by atoms with Gasteiger partial charge in [0.05, 0.1) is 11.0 Å². The molecule has 0 bridgehead atoms. The van der Waals surface area contributed by atoms with Gasteiger partial charge in [-0.2, -0.15) is 0 Å². The molecule has 8 nitrogen and oxygen atoms in total. The molecule has 25 heavy (non-hydrogen) atoms. The molecule has 3 heterocycles. The van der Waals surface area contributed by atoms with Crippen molar-refractivity contribution in [3.63, 3.8) is 0 Å². The first-order valence-electron chi connectivity index (χ1n) is 8.43. The third-order valence-electron chi connectivity index (χ3n) is 4.58. The predicted octanol–water partition coefficient (Wildman–Crippen LogP) is 1.53. The Labute approximate surface area is 144 Å². The van der Waals surface area contributed by atoms with Crippen molar-refractivity contribution in [3.8, 4) is 0 Å². The molecule has 0 atom stereocenters. The number of nitrogens with one attached hydrogen (secondary N) is 1. The molecular weight excluding hydrogens is 320 g/mol. The Morgan fingerprint density at radius 2 is 1.96 bits per heavy atom. The predicted molar refractivity (Wildman–Crippen MR) is 90.6 cm³/mol. The third kappa shape index (κ3) is 3.53. The Hall–Kier alpha value is -2.74. The fourth-order valence-corrected chi connectivity index (χ4v) is 3.21. The lowest BCUT2D eigenvalue weighted by Crippen LogP contribution is -2.40. The van der Waals surface area contributed by atoms with Gasteiger partial charge in [-0.05, 0) is 25.0 Å². The molecule has 1 saturated heterocycles. The number of aromatic nitrogens is 5. The van der Waals surface area contributed by atoms with Crippen LogP contribution in [-0.4, -0.2) is 55.2 Å². The molecule has 8 heteroatoms. The van der Waals surface area contributed by atoms with Crippen molar-refractivity contribution >= 4 is 16.9 Å². The molecule has 1 amide bonds. The Kier molecular flexibility index (Phi) is 4.43. The first kappa shape index (κ1) is 15.8. The van der Waals surface area contributed by atoms with Crippen molar-refractivity contribution in [2.75, 3.05) is 19.7 Å². The van der Waals surface area contributed by atoms with Crippen molar-refractivity contribution < 1.29 is 9.53 Å². The number of hydrogen-bond acceptors (Lipinski definition) is 5. The van der Waals surface area contributed by atoms with E-state index in [2.05, 4.69) is 20.2 Å². The van der Waals surface area contributed by atoms with Crippen molar-refractivity contribution in [1.82, 2.24) is 29.6 Å². The van der Waals surface area contributed by atoms with Crippen LogP contribution >= 0.6 is 0 Å². The van der Waals surface area contributed by atoms with Gasteiger partial charge < -0.3 is 19.2 Å². The number of H-pyrrole nitrogens is 1. The van der Waals surface area contributed by atoms with Gasteiger partial charge in [0, 0.05) is 19.1 Å². The lowest BCUT2D eigenvalue weighted by atomic mass is 10.1. The summed E-state index contributed by atoms with van der Waals surface area (Å²) in [5.74, 6) is 0.763. The number of para-hydroxylation sites is 2. The largest absolute Gasteiger partial charge is 0.364 e. The van der Waals surface area contributed by atoms with Crippen LogP contribution in [0.25, 0.3) is 11.0 Å². The number of benzene rings is 1. The van der Waals surface area contributed by atoms with E-state index in [9.17, 15) is 4.79 Å². The molecular formula is C17H20N6O2. The van der Waals surface area contributed by atoms with E-state index in [1.165, 1.54) is 0 Å². The SMILES string of the molecule is O=C(COCc1nc2ccccc2[nH]1)N1CCC(n2cnnc2)CC1. The van der Waals surface area contributed by atoms with Crippen LogP contribution in [0, 0.1) is 0 Å². The lowest BCUT2D eigenvalue weighted by molar-refractivity contribution is -0.137. The number of imidazole rings is 1. The summed E-state index contributed by atoms with van der Waals surface area (Å²) >= 11 is 0. The average Bonchev–Trinajstić information content (AvgIpc) is 3.31. The standard InChI is InChI=1S/C17H20N6O2/c24-17(22-7-5-13(6-8-22)23-11-18-19-12-23)10-25-9-16-20-14-3-1-2-4-15(14)21-16/h1-4,11-13H,5-10H2,(H,20,21). The Morgan fingerprint density at radius 1 is 1.20 bits per heavy atom. The maximum Gasteiger partial charge on any atom is 0.248 e. The van der Waals surface area contributed by atoms with Crippen LogP contribution in [-0.2, 0) is 16.1 Å². The van der Waals surface area contributed by atoms with Gasteiger partial charge in [-0.25, -0.2) is 4.98 Å². The molecule has 0 spiro atoms. The summed E-state index contributed by atoms with van der Waals surface area (Å²) in [6.07, 6.45) is 5.29. The second kappa shape index (κ2) is 7.02. The summed E-state index contributed by atoms with van der Waals surface area (Å²) in [6.45, 7) is 1.84. The number of rotatable bonds is 5. The van der Waals surface area contributed by atoms with Gasteiger partial charge in [-0.3, -0.25) is 4.79 Å². The molecule has 130 valence electrons. The molecule has 0 saturated carbocycles. The highest BCUT2D eigenvalue weighted by molar-refractivity contribution is 5.77. The highest BCUT2D eigenvalue weighted by atomic mass is 16.5. The monoisotopic (exact) mass is 340 g/mol. The van der Waals surface area contributed by atoms with Gasteiger partial charge in [0.2, 0.25) is 5.91 Å². The maximum atomic E-state index is 12.3. The van der Waals surface area contributed by atoms with Crippen molar-refractivity contribution in [3.05, 3.63) is 42.7 Å². The summed E-state index contributed by atoms with van der Waals surface area (Å²) in [4.78, 5) is 21.8. The number of amides is 1. The molecule has 1 aromatic carbocycles. The van der Waals surface area contributed by atoms with E-state index in [-0.39, 0.29) is 12.5 Å². The Balaban J connectivity index is 1.24. The van der Waals surface area contributed by atoms with Gasteiger partial charge in [-0.15, -0.1) is 10.2 Å². The number of nitrogens with zero attached hydrogens (tertiary/aromatic N) is 5. The van der Waals surface area contributed by atoms with Gasteiger partial charge in [0.25, 0.3) is 0 Å².